The highest BCUT2D eigenvalue weighted by Gasteiger charge is 2.04. The van der Waals surface area contributed by atoms with Crippen LogP contribution in [0.4, 0.5) is 0 Å². The highest BCUT2D eigenvalue weighted by molar-refractivity contribution is 6.42. The quantitative estimate of drug-likeness (QED) is 0.643. The van der Waals surface area contributed by atoms with Gasteiger partial charge in [-0.3, -0.25) is 4.99 Å². The van der Waals surface area contributed by atoms with E-state index in [9.17, 15) is 0 Å². The van der Waals surface area contributed by atoms with E-state index in [-0.39, 0.29) is 0 Å². The number of benzene rings is 1. The van der Waals surface area contributed by atoms with E-state index < -0.39 is 0 Å². The van der Waals surface area contributed by atoms with Gasteiger partial charge in [0.05, 0.1) is 10.0 Å². The van der Waals surface area contributed by atoms with Crippen molar-refractivity contribution in [2.45, 2.75) is 6.54 Å². The number of aliphatic imine (C=N–C) groups is 1. The van der Waals surface area contributed by atoms with E-state index in [0.717, 1.165) is 5.56 Å². The molecule has 0 saturated carbocycles. The summed E-state index contributed by atoms with van der Waals surface area (Å²) in [7, 11) is 3.52. The van der Waals surface area contributed by atoms with Gasteiger partial charge < -0.3 is 10.6 Å². The van der Waals surface area contributed by atoms with E-state index in [1.54, 1.807) is 13.1 Å². The average Bonchev–Trinajstić information content (AvgIpc) is 2.22. The maximum atomic E-state index is 5.90. The molecule has 2 N–H and O–H groups in total. The first-order chi connectivity index (χ1) is 7.04. The third-order valence-electron chi connectivity index (χ3n) is 2.02. The van der Waals surface area contributed by atoms with Gasteiger partial charge in [-0.15, -0.1) is 0 Å². The fraction of sp³-hybridized carbons (Fsp3) is 0.300. The van der Waals surface area contributed by atoms with E-state index in [4.69, 9.17) is 28.9 Å². The minimum absolute atomic E-state index is 0.487. The summed E-state index contributed by atoms with van der Waals surface area (Å²) < 4.78 is 0. The van der Waals surface area contributed by atoms with Gasteiger partial charge in [-0.25, -0.2) is 0 Å². The molecule has 0 heterocycles. The molecule has 0 atom stereocenters. The van der Waals surface area contributed by atoms with Crippen molar-refractivity contribution in [3.8, 4) is 0 Å². The van der Waals surface area contributed by atoms with Crippen molar-refractivity contribution in [3.05, 3.63) is 33.8 Å². The smallest absolute Gasteiger partial charge is 0.191 e. The summed E-state index contributed by atoms with van der Waals surface area (Å²) in [5.74, 6) is 0.487. The molecule has 0 radical (unpaired) electrons. The van der Waals surface area contributed by atoms with Crippen molar-refractivity contribution in [3.63, 3.8) is 0 Å². The Labute approximate surface area is 99.5 Å². The van der Waals surface area contributed by atoms with Crippen LogP contribution < -0.4 is 5.73 Å². The van der Waals surface area contributed by atoms with E-state index in [1.165, 1.54) is 0 Å². The molecule has 3 nitrogen and oxygen atoms in total. The first-order valence-electron chi connectivity index (χ1n) is 4.42. The number of halogens is 2. The Morgan fingerprint density at radius 3 is 2.60 bits per heavy atom. The second-order valence-electron chi connectivity index (χ2n) is 3.19. The number of rotatable bonds is 2. The summed E-state index contributed by atoms with van der Waals surface area (Å²) in [6.07, 6.45) is 0. The van der Waals surface area contributed by atoms with Crippen LogP contribution in [-0.4, -0.2) is 25.0 Å². The lowest BCUT2D eigenvalue weighted by molar-refractivity contribution is 0.494. The van der Waals surface area contributed by atoms with Gasteiger partial charge in [0, 0.05) is 20.6 Å². The Hall–Kier alpha value is -0.930. The van der Waals surface area contributed by atoms with Crippen LogP contribution in [-0.2, 0) is 6.54 Å². The van der Waals surface area contributed by atoms with Crippen molar-refractivity contribution in [2.75, 3.05) is 14.1 Å². The van der Waals surface area contributed by atoms with Gasteiger partial charge in [0.1, 0.15) is 0 Å². The van der Waals surface area contributed by atoms with E-state index in [0.29, 0.717) is 22.5 Å². The summed E-state index contributed by atoms with van der Waals surface area (Å²) >= 11 is 11.7. The minimum atomic E-state index is 0.487. The molecule has 1 aromatic rings. The van der Waals surface area contributed by atoms with Gasteiger partial charge in [0.15, 0.2) is 5.96 Å². The molecule has 0 bridgehead atoms. The van der Waals surface area contributed by atoms with Gasteiger partial charge in [0.25, 0.3) is 0 Å². The van der Waals surface area contributed by atoms with Crippen LogP contribution in [0.2, 0.25) is 10.0 Å². The van der Waals surface area contributed by atoms with E-state index >= 15 is 0 Å². The summed E-state index contributed by atoms with van der Waals surface area (Å²) in [6, 6.07) is 5.50. The van der Waals surface area contributed by atoms with Crippen LogP contribution in [0.1, 0.15) is 5.56 Å². The average molecular weight is 246 g/mol. The third kappa shape index (κ3) is 3.29. The Kier molecular flexibility index (Phi) is 4.24. The molecule has 0 spiro atoms. The predicted molar refractivity (Wildman–Crippen MR) is 65.5 cm³/mol. The summed E-state index contributed by atoms with van der Waals surface area (Å²) in [6.45, 7) is 0.653. The molecular weight excluding hydrogens is 233 g/mol. The number of nitrogens with zero attached hydrogens (tertiary/aromatic N) is 2. The number of guanidine groups is 1. The van der Waals surface area contributed by atoms with Gasteiger partial charge in [-0.05, 0) is 17.7 Å². The molecule has 82 valence electrons. The highest BCUT2D eigenvalue weighted by atomic mass is 35.5. The van der Waals surface area contributed by atoms with E-state index in [2.05, 4.69) is 4.99 Å². The van der Waals surface area contributed by atoms with Crippen molar-refractivity contribution >= 4 is 29.2 Å². The van der Waals surface area contributed by atoms with Crippen LogP contribution >= 0.6 is 23.2 Å². The van der Waals surface area contributed by atoms with Gasteiger partial charge >= 0.3 is 0 Å². The lowest BCUT2D eigenvalue weighted by atomic mass is 10.2. The van der Waals surface area contributed by atoms with Gasteiger partial charge in [-0.1, -0.05) is 29.3 Å². The topological polar surface area (TPSA) is 41.6 Å². The lowest BCUT2D eigenvalue weighted by Gasteiger charge is -2.17. The summed E-state index contributed by atoms with van der Waals surface area (Å²) in [4.78, 5) is 5.72. The molecule has 0 unspecified atom stereocenters. The maximum absolute atomic E-state index is 5.90. The molecule has 1 aromatic carbocycles. The minimum Gasteiger partial charge on any atom is -0.370 e. The van der Waals surface area contributed by atoms with E-state index in [1.807, 2.05) is 24.1 Å². The zero-order valence-electron chi connectivity index (χ0n) is 8.67. The second kappa shape index (κ2) is 5.24. The van der Waals surface area contributed by atoms with Crippen LogP contribution in [0.3, 0.4) is 0 Å². The van der Waals surface area contributed by atoms with Crippen molar-refractivity contribution in [2.24, 2.45) is 10.7 Å². The predicted octanol–water partition coefficient (Wildman–Crippen LogP) is 2.37. The number of nitrogens with two attached hydrogens (primary N) is 1. The first kappa shape index (κ1) is 12.1. The van der Waals surface area contributed by atoms with Crippen molar-refractivity contribution in [1.29, 1.82) is 0 Å². The maximum Gasteiger partial charge on any atom is 0.191 e. The molecule has 0 amide bonds. The summed E-state index contributed by atoms with van der Waals surface area (Å²) in [5, 5.41) is 1.11. The molecule has 0 aliphatic rings. The first-order valence-corrected chi connectivity index (χ1v) is 5.17. The Balaban J connectivity index is 2.77. The van der Waals surface area contributed by atoms with Crippen LogP contribution in [0.25, 0.3) is 0 Å². The third-order valence-corrected chi connectivity index (χ3v) is 2.76. The number of hydrogen-bond donors (Lipinski definition) is 1. The van der Waals surface area contributed by atoms with Gasteiger partial charge in [-0.2, -0.15) is 0 Å². The van der Waals surface area contributed by atoms with Crippen LogP contribution in [0.5, 0.6) is 0 Å². The number of hydrogen-bond acceptors (Lipinski definition) is 1. The molecule has 0 fully saturated rings. The molecular formula is C10H13Cl2N3. The molecule has 0 aliphatic heterocycles. The Morgan fingerprint density at radius 2 is 2.07 bits per heavy atom. The second-order valence-corrected chi connectivity index (χ2v) is 4.00. The van der Waals surface area contributed by atoms with Crippen molar-refractivity contribution < 1.29 is 0 Å². The Bertz CT molecular complexity index is 377. The highest BCUT2D eigenvalue weighted by Crippen LogP contribution is 2.22. The Morgan fingerprint density at radius 1 is 1.40 bits per heavy atom. The summed E-state index contributed by atoms with van der Waals surface area (Å²) in [5.41, 5.74) is 6.69. The van der Waals surface area contributed by atoms with Crippen molar-refractivity contribution in [1.82, 2.24) is 4.90 Å². The zero-order chi connectivity index (χ0) is 11.4. The standard InChI is InChI=1S/C10H13Cl2N3/c1-14-10(13)15(2)6-7-3-4-8(11)9(12)5-7/h3-5H,6H2,1-2H3,(H2,13,14). The molecule has 1 rings (SSSR count). The normalized spacial score (nSPS) is 11.6. The van der Waals surface area contributed by atoms with Crippen LogP contribution in [0.15, 0.2) is 23.2 Å². The molecule has 0 aromatic heterocycles. The fourth-order valence-corrected chi connectivity index (χ4v) is 1.48. The molecule has 0 aliphatic carbocycles. The molecule has 5 heteroatoms. The lowest BCUT2D eigenvalue weighted by Crippen LogP contribution is -2.33. The molecule has 15 heavy (non-hydrogen) atoms. The zero-order valence-corrected chi connectivity index (χ0v) is 10.2. The SMILES string of the molecule is CN=C(N)N(C)Cc1ccc(Cl)c(Cl)c1. The monoisotopic (exact) mass is 245 g/mol. The molecule has 0 saturated heterocycles. The van der Waals surface area contributed by atoms with Gasteiger partial charge in [0.2, 0.25) is 0 Å². The largest absolute Gasteiger partial charge is 0.370 e. The van der Waals surface area contributed by atoms with Crippen LogP contribution in [0, 0.1) is 0 Å². The fourth-order valence-electron chi connectivity index (χ4n) is 1.16.